The van der Waals surface area contributed by atoms with Crippen molar-refractivity contribution in [1.82, 2.24) is 0 Å². The zero-order chi connectivity index (χ0) is 21.7. The molecule has 0 fully saturated rings. The SMILES string of the molecule is CC(=N)C(C(=O)Nc1ccc(OC(F)F)cc1)C(=O)N(C)c1cc(F)cc(Cl)c1. The fourth-order valence-corrected chi connectivity index (χ4v) is 2.70. The van der Waals surface area contributed by atoms with Crippen molar-refractivity contribution >= 4 is 40.5 Å². The Morgan fingerprint density at radius 3 is 2.31 bits per heavy atom. The molecule has 0 aliphatic heterocycles. The van der Waals surface area contributed by atoms with Crippen LogP contribution in [0.3, 0.4) is 0 Å². The Hall–Kier alpha value is -3.07. The first-order chi connectivity index (χ1) is 13.6. The summed E-state index contributed by atoms with van der Waals surface area (Å²) in [7, 11) is 1.33. The maximum atomic E-state index is 13.6. The highest BCUT2D eigenvalue weighted by molar-refractivity contribution is 6.31. The van der Waals surface area contributed by atoms with E-state index in [1.165, 1.54) is 44.3 Å². The van der Waals surface area contributed by atoms with E-state index < -0.39 is 30.2 Å². The van der Waals surface area contributed by atoms with Gasteiger partial charge in [-0.25, -0.2) is 4.39 Å². The molecular formula is C19H17ClF3N3O3. The molecular weight excluding hydrogens is 411 g/mol. The molecule has 2 N–H and O–H groups in total. The van der Waals surface area contributed by atoms with Crippen molar-refractivity contribution in [3.8, 4) is 5.75 Å². The second-order valence-electron chi connectivity index (χ2n) is 6.03. The first-order valence-electron chi connectivity index (χ1n) is 8.23. The van der Waals surface area contributed by atoms with E-state index in [0.29, 0.717) is 0 Å². The maximum absolute atomic E-state index is 13.6. The van der Waals surface area contributed by atoms with Gasteiger partial charge in [-0.05, 0) is 49.4 Å². The van der Waals surface area contributed by atoms with Crippen LogP contribution >= 0.6 is 11.6 Å². The number of anilines is 2. The molecule has 6 nitrogen and oxygen atoms in total. The standard InChI is InChI=1S/C19H17ClF3N3O3/c1-10(24)16(18(28)26(2)14-8-11(20)7-12(21)9-14)17(27)25-13-3-5-15(6-4-13)29-19(22)23/h3-9,16,19,24H,1-2H3,(H,25,27). The molecule has 0 spiro atoms. The second kappa shape index (κ2) is 9.42. The molecule has 2 aromatic rings. The highest BCUT2D eigenvalue weighted by Crippen LogP contribution is 2.23. The van der Waals surface area contributed by atoms with E-state index in [1.54, 1.807) is 0 Å². The van der Waals surface area contributed by atoms with Crippen LogP contribution in [0, 0.1) is 17.1 Å². The maximum Gasteiger partial charge on any atom is 0.387 e. The van der Waals surface area contributed by atoms with Crippen LogP contribution in [-0.4, -0.2) is 31.2 Å². The van der Waals surface area contributed by atoms with Crippen molar-refractivity contribution < 1.29 is 27.5 Å². The highest BCUT2D eigenvalue weighted by atomic mass is 35.5. The number of amides is 2. The molecule has 1 unspecified atom stereocenters. The monoisotopic (exact) mass is 427 g/mol. The summed E-state index contributed by atoms with van der Waals surface area (Å²) in [6.45, 7) is -1.70. The van der Waals surface area contributed by atoms with Gasteiger partial charge < -0.3 is 20.4 Å². The van der Waals surface area contributed by atoms with Crippen LogP contribution in [0.1, 0.15) is 6.92 Å². The van der Waals surface area contributed by atoms with Gasteiger partial charge in [0.1, 0.15) is 11.6 Å². The number of nitrogens with one attached hydrogen (secondary N) is 2. The summed E-state index contributed by atoms with van der Waals surface area (Å²) < 4.78 is 42.2. The molecule has 0 aliphatic carbocycles. The second-order valence-corrected chi connectivity index (χ2v) is 6.47. The predicted octanol–water partition coefficient (Wildman–Crippen LogP) is 4.34. The third kappa shape index (κ3) is 5.95. The van der Waals surface area contributed by atoms with Crippen molar-refractivity contribution in [1.29, 1.82) is 5.41 Å². The summed E-state index contributed by atoms with van der Waals surface area (Å²) in [5.41, 5.74) is 0.0965. The fraction of sp³-hybridized carbons (Fsp3) is 0.211. The van der Waals surface area contributed by atoms with Crippen molar-refractivity contribution in [3.05, 3.63) is 53.3 Å². The third-order valence-corrected chi connectivity index (χ3v) is 4.07. The van der Waals surface area contributed by atoms with Gasteiger partial charge in [0.05, 0.1) is 0 Å². The quantitative estimate of drug-likeness (QED) is 0.509. The van der Waals surface area contributed by atoms with E-state index in [9.17, 15) is 22.8 Å². The number of nitrogens with zero attached hydrogens (tertiary/aromatic N) is 1. The van der Waals surface area contributed by atoms with Crippen LogP contribution in [0.2, 0.25) is 5.02 Å². The van der Waals surface area contributed by atoms with Gasteiger partial charge >= 0.3 is 6.61 Å². The van der Waals surface area contributed by atoms with Gasteiger partial charge in [0, 0.05) is 29.2 Å². The molecule has 154 valence electrons. The van der Waals surface area contributed by atoms with Gasteiger partial charge in [0.15, 0.2) is 5.92 Å². The minimum atomic E-state index is -2.98. The van der Waals surface area contributed by atoms with Crippen LogP contribution in [0.25, 0.3) is 0 Å². The van der Waals surface area contributed by atoms with Crippen molar-refractivity contribution in [3.63, 3.8) is 0 Å². The molecule has 29 heavy (non-hydrogen) atoms. The minimum absolute atomic E-state index is 0.0679. The summed E-state index contributed by atoms with van der Waals surface area (Å²) in [5, 5.41) is 10.3. The molecule has 0 aromatic heterocycles. The molecule has 1 atom stereocenters. The van der Waals surface area contributed by atoms with E-state index in [0.717, 1.165) is 17.0 Å². The number of hydrogen-bond donors (Lipinski definition) is 2. The predicted molar refractivity (Wildman–Crippen MR) is 103 cm³/mol. The average molecular weight is 428 g/mol. The van der Waals surface area contributed by atoms with Crippen LogP contribution in [-0.2, 0) is 9.59 Å². The number of hydrogen-bond acceptors (Lipinski definition) is 4. The zero-order valence-corrected chi connectivity index (χ0v) is 16.1. The van der Waals surface area contributed by atoms with Gasteiger partial charge in [0.25, 0.3) is 0 Å². The first-order valence-corrected chi connectivity index (χ1v) is 8.60. The normalized spacial score (nSPS) is 11.7. The van der Waals surface area contributed by atoms with Crippen molar-refractivity contribution in [2.45, 2.75) is 13.5 Å². The summed E-state index contributed by atoms with van der Waals surface area (Å²) in [5.74, 6) is -3.82. The molecule has 0 saturated heterocycles. The molecule has 2 rings (SSSR count). The molecule has 10 heteroatoms. The summed E-state index contributed by atoms with van der Waals surface area (Å²) in [6, 6.07) is 8.54. The Morgan fingerprint density at radius 1 is 1.17 bits per heavy atom. The van der Waals surface area contributed by atoms with E-state index in [1.807, 2.05) is 0 Å². The Kier molecular flexibility index (Phi) is 7.22. The van der Waals surface area contributed by atoms with Crippen LogP contribution in [0.5, 0.6) is 5.75 Å². The van der Waals surface area contributed by atoms with Crippen LogP contribution in [0.15, 0.2) is 42.5 Å². The third-order valence-electron chi connectivity index (χ3n) is 3.85. The Balaban J connectivity index is 2.18. The van der Waals surface area contributed by atoms with E-state index in [2.05, 4.69) is 10.1 Å². The number of carbonyl (C=O) groups is 2. The van der Waals surface area contributed by atoms with Gasteiger partial charge in [-0.3, -0.25) is 9.59 Å². The molecule has 0 aliphatic rings. The largest absolute Gasteiger partial charge is 0.435 e. The smallest absolute Gasteiger partial charge is 0.387 e. The lowest BCUT2D eigenvalue weighted by Gasteiger charge is -2.23. The molecule has 0 radical (unpaired) electrons. The Morgan fingerprint density at radius 2 is 1.79 bits per heavy atom. The van der Waals surface area contributed by atoms with Gasteiger partial charge in [-0.2, -0.15) is 8.78 Å². The zero-order valence-electron chi connectivity index (χ0n) is 15.4. The highest BCUT2D eigenvalue weighted by Gasteiger charge is 2.32. The summed E-state index contributed by atoms with van der Waals surface area (Å²) in [4.78, 5) is 26.4. The number of ether oxygens (including phenoxy) is 1. The van der Waals surface area contributed by atoms with Crippen molar-refractivity contribution in [2.75, 3.05) is 17.3 Å². The lowest BCUT2D eigenvalue weighted by Crippen LogP contribution is -2.43. The minimum Gasteiger partial charge on any atom is -0.435 e. The fourth-order valence-electron chi connectivity index (χ4n) is 2.48. The van der Waals surface area contributed by atoms with E-state index in [-0.39, 0.29) is 27.9 Å². The first kappa shape index (κ1) is 22.2. The molecule has 2 amide bonds. The van der Waals surface area contributed by atoms with E-state index in [4.69, 9.17) is 17.0 Å². The summed E-state index contributed by atoms with van der Waals surface area (Å²) >= 11 is 5.80. The van der Waals surface area contributed by atoms with Crippen LogP contribution < -0.4 is 15.0 Å². The Bertz CT molecular complexity index is 902. The molecule has 0 heterocycles. The van der Waals surface area contributed by atoms with E-state index >= 15 is 0 Å². The average Bonchev–Trinajstić information content (AvgIpc) is 2.61. The van der Waals surface area contributed by atoms with Crippen LogP contribution in [0.4, 0.5) is 24.5 Å². The summed E-state index contributed by atoms with van der Waals surface area (Å²) in [6.07, 6.45) is 0. The molecule has 0 bridgehead atoms. The van der Waals surface area contributed by atoms with Gasteiger partial charge in [-0.1, -0.05) is 11.6 Å². The number of alkyl halides is 2. The number of halogens is 4. The number of carbonyl (C=O) groups excluding carboxylic acids is 2. The van der Waals surface area contributed by atoms with Gasteiger partial charge in [0.2, 0.25) is 11.8 Å². The lowest BCUT2D eigenvalue weighted by molar-refractivity contribution is -0.127. The molecule has 0 saturated carbocycles. The number of rotatable bonds is 7. The van der Waals surface area contributed by atoms with Gasteiger partial charge in [-0.15, -0.1) is 0 Å². The Labute approximate surface area is 169 Å². The van der Waals surface area contributed by atoms with Crippen molar-refractivity contribution in [2.24, 2.45) is 5.92 Å². The number of benzene rings is 2. The lowest BCUT2D eigenvalue weighted by atomic mass is 10.0. The molecule has 2 aromatic carbocycles. The topological polar surface area (TPSA) is 82.5 Å².